The van der Waals surface area contributed by atoms with Gasteiger partial charge in [-0.15, -0.1) is 0 Å². The Bertz CT molecular complexity index is 867. The van der Waals surface area contributed by atoms with Crippen LogP contribution in [0.15, 0.2) is 41.5 Å². The van der Waals surface area contributed by atoms with Crippen molar-refractivity contribution in [3.8, 4) is 0 Å². The first kappa shape index (κ1) is 14.0. The molecule has 0 fully saturated rings. The fourth-order valence-electron chi connectivity index (χ4n) is 2.27. The highest BCUT2D eigenvalue weighted by molar-refractivity contribution is 5.90. The van der Waals surface area contributed by atoms with Crippen LogP contribution in [0.5, 0.6) is 0 Å². The first-order chi connectivity index (χ1) is 10.6. The average molecular weight is 297 g/mol. The zero-order valence-corrected chi connectivity index (χ0v) is 12.0. The number of nitrogens with zero attached hydrogens (tertiary/aromatic N) is 3. The topological polar surface area (TPSA) is 92.2 Å². The maximum absolute atomic E-state index is 12.3. The molecule has 0 spiro atoms. The summed E-state index contributed by atoms with van der Waals surface area (Å²) in [4.78, 5) is 32.5. The number of aryl methyl sites for hydroxylation is 1. The van der Waals surface area contributed by atoms with Crippen LogP contribution in [0.25, 0.3) is 5.78 Å². The molecular weight excluding hydrogens is 282 g/mol. The highest BCUT2D eigenvalue weighted by Crippen LogP contribution is 2.08. The molecule has 7 nitrogen and oxygen atoms in total. The van der Waals surface area contributed by atoms with E-state index in [2.05, 4.69) is 20.4 Å². The number of aromatic amines is 1. The molecule has 22 heavy (non-hydrogen) atoms. The lowest BCUT2D eigenvalue weighted by molar-refractivity contribution is -0.116. The molecule has 1 amide bonds. The van der Waals surface area contributed by atoms with Crippen LogP contribution in [-0.2, 0) is 11.2 Å². The predicted molar refractivity (Wildman–Crippen MR) is 81.7 cm³/mol. The van der Waals surface area contributed by atoms with Gasteiger partial charge in [0.1, 0.15) is 6.33 Å². The molecule has 0 radical (unpaired) electrons. The number of carbonyl (C=O) groups is 1. The Labute approximate surface area is 126 Å². The molecule has 3 rings (SSSR count). The van der Waals surface area contributed by atoms with Gasteiger partial charge in [0.15, 0.2) is 0 Å². The lowest BCUT2D eigenvalue weighted by atomic mass is 10.1. The van der Waals surface area contributed by atoms with Gasteiger partial charge in [-0.05, 0) is 25.5 Å². The molecule has 0 saturated carbocycles. The van der Waals surface area contributed by atoms with Crippen molar-refractivity contribution in [3.63, 3.8) is 0 Å². The number of carbonyl (C=O) groups excluding carboxylic acids is 1. The van der Waals surface area contributed by atoms with E-state index in [1.807, 2.05) is 30.3 Å². The van der Waals surface area contributed by atoms with Gasteiger partial charge in [0, 0.05) is 17.7 Å². The minimum absolute atomic E-state index is 0.139. The van der Waals surface area contributed by atoms with Gasteiger partial charge in [0.05, 0.1) is 5.69 Å². The summed E-state index contributed by atoms with van der Waals surface area (Å²) in [5.74, 6) is 0.194. The fourth-order valence-corrected chi connectivity index (χ4v) is 2.27. The van der Waals surface area contributed by atoms with Gasteiger partial charge in [-0.3, -0.25) is 14.7 Å². The van der Waals surface area contributed by atoms with Crippen molar-refractivity contribution in [3.05, 3.63) is 58.3 Å². The molecule has 112 valence electrons. The van der Waals surface area contributed by atoms with Crippen LogP contribution in [0.3, 0.4) is 0 Å². The Kier molecular flexibility index (Phi) is 3.69. The van der Waals surface area contributed by atoms with Crippen LogP contribution in [0.4, 0.5) is 5.69 Å². The summed E-state index contributed by atoms with van der Waals surface area (Å²) >= 11 is 0. The molecular formula is C15H15N5O2. The second-order valence-electron chi connectivity index (χ2n) is 4.92. The fraction of sp³-hybridized carbons (Fsp3) is 0.200. The van der Waals surface area contributed by atoms with E-state index >= 15 is 0 Å². The molecule has 3 aromatic rings. The van der Waals surface area contributed by atoms with E-state index < -0.39 is 0 Å². The summed E-state index contributed by atoms with van der Waals surface area (Å²) in [5, 5.41) is 5.51. The Morgan fingerprint density at radius 1 is 1.32 bits per heavy atom. The average Bonchev–Trinajstić information content (AvgIpc) is 2.96. The highest BCUT2D eigenvalue weighted by atomic mass is 16.1. The Morgan fingerprint density at radius 2 is 2.09 bits per heavy atom. The SMILES string of the molecule is Cc1nc2nc[nH]n2c(=O)c1CCC(=O)Nc1ccccc1. The van der Waals surface area contributed by atoms with Gasteiger partial charge in [-0.2, -0.15) is 4.52 Å². The monoisotopic (exact) mass is 297 g/mol. The first-order valence-electron chi connectivity index (χ1n) is 6.91. The number of anilines is 1. The molecule has 0 saturated heterocycles. The molecule has 0 aliphatic rings. The molecule has 2 aromatic heterocycles. The summed E-state index contributed by atoms with van der Waals surface area (Å²) in [5.41, 5.74) is 1.64. The van der Waals surface area contributed by atoms with E-state index in [1.54, 1.807) is 6.92 Å². The number of amides is 1. The quantitative estimate of drug-likeness (QED) is 0.759. The van der Waals surface area contributed by atoms with Gasteiger partial charge in [-0.25, -0.2) is 9.97 Å². The van der Waals surface area contributed by atoms with E-state index in [0.717, 1.165) is 5.69 Å². The molecule has 0 atom stereocenters. The lowest BCUT2D eigenvalue weighted by Gasteiger charge is -2.06. The second-order valence-corrected chi connectivity index (χ2v) is 4.92. The van der Waals surface area contributed by atoms with E-state index in [9.17, 15) is 9.59 Å². The number of para-hydroxylation sites is 1. The van der Waals surface area contributed by atoms with Gasteiger partial charge in [0.25, 0.3) is 11.3 Å². The summed E-state index contributed by atoms with van der Waals surface area (Å²) in [6, 6.07) is 9.21. The number of fused-ring (bicyclic) bond motifs is 1. The largest absolute Gasteiger partial charge is 0.326 e. The van der Waals surface area contributed by atoms with Crippen LogP contribution < -0.4 is 10.9 Å². The van der Waals surface area contributed by atoms with Crippen LogP contribution in [0.2, 0.25) is 0 Å². The normalized spacial score (nSPS) is 10.8. The van der Waals surface area contributed by atoms with Gasteiger partial charge in [-0.1, -0.05) is 18.2 Å². The Morgan fingerprint density at radius 3 is 2.86 bits per heavy atom. The van der Waals surface area contributed by atoms with Crippen molar-refractivity contribution in [2.75, 3.05) is 5.32 Å². The van der Waals surface area contributed by atoms with Crippen LogP contribution in [-0.4, -0.2) is 25.5 Å². The lowest BCUT2D eigenvalue weighted by Crippen LogP contribution is -2.23. The number of H-pyrrole nitrogens is 1. The Hall–Kier alpha value is -2.96. The third kappa shape index (κ3) is 2.73. The number of hydrogen-bond donors (Lipinski definition) is 2. The number of nitrogens with one attached hydrogen (secondary N) is 2. The zero-order valence-electron chi connectivity index (χ0n) is 12.0. The number of hydrogen-bond acceptors (Lipinski definition) is 4. The molecule has 0 aliphatic heterocycles. The maximum atomic E-state index is 12.3. The summed E-state index contributed by atoms with van der Waals surface area (Å²) in [7, 11) is 0. The minimum atomic E-state index is -0.215. The van der Waals surface area contributed by atoms with Crippen molar-refractivity contribution >= 4 is 17.4 Å². The van der Waals surface area contributed by atoms with Crippen molar-refractivity contribution in [2.24, 2.45) is 0 Å². The summed E-state index contributed by atoms with van der Waals surface area (Å²) in [6.07, 6.45) is 1.96. The minimum Gasteiger partial charge on any atom is -0.326 e. The third-order valence-corrected chi connectivity index (χ3v) is 3.39. The van der Waals surface area contributed by atoms with Crippen LogP contribution in [0.1, 0.15) is 17.7 Å². The van der Waals surface area contributed by atoms with Crippen LogP contribution in [0, 0.1) is 6.92 Å². The van der Waals surface area contributed by atoms with Gasteiger partial charge in [0.2, 0.25) is 5.91 Å². The first-order valence-corrected chi connectivity index (χ1v) is 6.91. The molecule has 7 heteroatoms. The van der Waals surface area contributed by atoms with E-state index in [4.69, 9.17) is 0 Å². The molecule has 1 aromatic carbocycles. The smallest absolute Gasteiger partial charge is 0.277 e. The molecule has 0 aliphatic carbocycles. The van der Waals surface area contributed by atoms with E-state index in [1.165, 1.54) is 10.8 Å². The number of benzene rings is 1. The van der Waals surface area contributed by atoms with Crippen molar-refractivity contribution in [2.45, 2.75) is 19.8 Å². The maximum Gasteiger partial charge on any atom is 0.277 e. The molecule has 2 N–H and O–H groups in total. The third-order valence-electron chi connectivity index (χ3n) is 3.39. The van der Waals surface area contributed by atoms with Crippen molar-refractivity contribution in [1.29, 1.82) is 0 Å². The molecule has 0 bridgehead atoms. The van der Waals surface area contributed by atoms with Gasteiger partial charge < -0.3 is 5.32 Å². The van der Waals surface area contributed by atoms with Gasteiger partial charge >= 0.3 is 0 Å². The predicted octanol–water partition coefficient (Wildman–Crippen LogP) is 1.30. The molecule has 0 unspecified atom stereocenters. The van der Waals surface area contributed by atoms with Crippen molar-refractivity contribution in [1.82, 2.24) is 19.6 Å². The number of aromatic nitrogens is 4. The second kappa shape index (κ2) is 5.80. The highest BCUT2D eigenvalue weighted by Gasteiger charge is 2.12. The number of rotatable bonds is 4. The standard InChI is InChI=1S/C15H15N5O2/c1-10-12(14(22)20-15(18-10)16-9-17-20)7-8-13(21)19-11-5-3-2-4-6-11/h2-6,9H,7-8H2,1H3,(H,19,21)(H,16,17,18). The summed E-state index contributed by atoms with van der Waals surface area (Å²) < 4.78 is 1.28. The van der Waals surface area contributed by atoms with Crippen molar-refractivity contribution < 1.29 is 4.79 Å². The van der Waals surface area contributed by atoms with E-state index in [-0.39, 0.29) is 17.9 Å². The Balaban J connectivity index is 1.74. The van der Waals surface area contributed by atoms with Crippen LogP contribution >= 0.6 is 0 Å². The molecule has 2 heterocycles. The zero-order chi connectivity index (χ0) is 15.5. The van der Waals surface area contributed by atoms with E-state index in [0.29, 0.717) is 23.5 Å². The summed E-state index contributed by atoms with van der Waals surface area (Å²) in [6.45, 7) is 1.75.